The number of rotatable bonds is 7. The lowest BCUT2D eigenvalue weighted by Crippen LogP contribution is -2.22. The van der Waals surface area contributed by atoms with E-state index in [-0.39, 0.29) is 30.0 Å². The Labute approximate surface area is 205 Å². The van der Waals surface area contributed by atoms with Gasteiger partial charge in [-0.05, 0) is 23.3 Å². The Morgan fingerprint density at radius 2 is 1.80 bits per heavy atom. The molecule has 1 aliphatic heterocycles. The molecule has 0 amide bonds. The Kier molecular flexibility index (Phi) is 7.67. The first kappa shape index (κ1) is 26.4. The Morgan fingerprint density at radius 1 is 1.09 bits per heavy atom. The van der Waals surface area contributed by atoms with E-state index in [4.69, 9.17) is 0 Å². The number of benzene rings is 1. The number of sulfone groups is 1. The summed E-state index contributed by atoms with van der Waals surface area (Å²) in [4.78, 5) is 17.1. The zero-order valence-corrected chi connectivity index (χ0v) is 20.2. The molecule has 0 unspecified atom stereocenters. The lowest BCUT2D eigenvalue weighted by molar-refractivity contribution is -0.137. The summed E-state index contributed by atoms with van der Waals surface area (Å²) in [6.07, 6.45) is -0.467. The van der Waals surface area contributed by atoms with Crippen LogP contribution in [0.4, 0.5) is 42.3 Å². The van der Waals surface area contributed by atoms with E-state index in [9.17, 15) is 21.6 Å². The second-order valence-corrected chi connectivity index (χ2v) is 9.82. The maximum Gasteiger partial charge on any atom is 0.421 e. The van der Waals surface area contributed by atoms with Crippen molar-refractivity contribution >= 4 is 51.3 Å². The molecule has 1 aromatic carbocycles. The molecule has 4 rings (SSSR count). The molecule has 188 valence electrons. The molecule has 0 atom stereocenters. The van der Waals surface area contributed by atoms with Gasteiger partial charge in [0.15, 0.2) is 27.3 Å². The molecule has 10 nitrogen and oxygen atoms in total. The van der Waals surface area contributed by atoms with Crippen LogP contribution in [-0.4, -0.2) is 47.5 Å². The number of fused-ring (bicyclic) bond motifs is 1. The Bertz CT molecular complexity index is 1320. The molecule has 3 heterocycles. The number of hydrogen-bond acceptors (Lipinski definition) is 10. The molecule has 0 spiro atoms. The van der Waals surface area contributed by atoms with Crippen LogP contribution in [0.25, 0.3) is 0 Å². The van der Waals surface area contributed by atoms with E-state index in [0.717, 1.165) is 28.8 Å². The molecule has 0 bridgehead atoms. The molecular weight excluding hydrogens is 509 g/mol. The van der Waals surface area contributed by atoms with Crippen LogP contribution >= 0.6 is 12.4 Å². The standard InChI is InChI=1S/C20H21F3N8O2S.ClH/c1-31(18-16(25-5-6-26-18)28-11-34(2,32)33)17-15(20(21,22)23)10-27-19(30-17)29-14-4-3-12-8-24-9-13(12)7-14;/h3-7,10,24H,8-9,11H2,1-2H3,(H,25,28)(H,27,29,30);1H. The van der Waals surface area contributed by atoms with Gasteiger partial charge in [0.2, 0.25) is 5.95 Å². The third-order valence-electron chi connectivity index (χ3n) is 4.98. The van der Waals surface area contributed by atoms with E-state index >= 15 is 0 Å². The smallest absolute Gasteiger partial charge is 0.353 e. The Balaban J connectivity index is 0.00000342. The summed E-state index contributed by atoms with van der Waals surface area (Å²) in [6, 6.07) is 5.61. The Hall–Kier alpha value is -3.23. The van der Waals surface area contributed by atoms with Gasteiger partial charge in [-0.15, -0.1) is 12.4 Å². The van der Waals surface area contributed by atoms with Gasteiger partial charge in [0.05, 0.1) is 0 Å². The highest BCUT2D eigenvalue weighted by Crippen LogP contribution is 2.38. The average Bonchev–Trinajstić information content (AvgIpc) is 3.24. The summed E-state index contributed by atoms with van der Waals surface area (Å²) in [6.45, 7) is 1.46. The van der Waals surface area contributed by atoms with Gasteiger partial charge < -0.3 is 20.9 Å². The maximum absolute atomic E-state index is 13.8. The lowest BCUT2D eigenvalue weighted by atomic mass is 10.1. The molecule has 0 radical (unpaired) electrons. The van der Waals surface area contributed by atoms with Crippen LogP contribution < -0.4 is 20.9 Å². The van der Waals surface area contributed by atoms with Crippen LogP contribution in [0, 0.1) is 0 Å². The van der Waals surface area contributed by atoms with Gasteiger partial charge >= 0.3 is 6.18 Å². The molecule has 3 N–H and O–H groups in total. The fourth-order valence-electron chi connectivity index (χ4n) is 3.39. The molecule has 0 aliphatic carbocycles. The minimum absolute atomic E-state index is 0. The van der Waals surface area contributed by atoms with Gasteiger partial charge in [0, 0.05) is 50.7 Å². The van der Waals surface area contributed by atoms with Gasteiger partial charge in [-0.3, -0.25) is 0 Å². The summed E-state index contributed by atoms with van der Waals surface area (Å²) in [5, 5.41) is 8.76. The first-order valence-corrected chi connectivity index (χ1v) is 12.1. The van der Waals surface area contributed by atoms with Gasteiger partial charge in [0.1, 0.15) is 11.4 Å². The predicted octanol–water partition coefficient (Wildman–Crippen LogP) is 3.24. The highest BCUT2D eigenvalue weighted by atomic mass is 35.5. The summed E-state index contributed by atoms with van der Waals surface area (Å²) >= 11 is 0. The summed E-state index contributed by atoms with van der Waals surface area (Å²) in [5.41, 5.74) is 1.77. The van der Waals surface area contributed by atoms with Crippen molar-refractivity contribution in [3.05, 3.63) is 53.5 Å². The topological polar surface area (TPSA) is 125 Å². The van der Waals surface area contributed by atoms with Crippen molar-refractivity contribution in [3.8, 4) is 0 Å². The predicted molar refractivity (Wildman–Crippen MR) is 128 cm³/mol. The average molecular weight is 531 g/mol. The minimum Gasteiger partial charge on any atom is -0.353 e. The minimum atomic E-state index is -4.75. The molecule has 35 heavy (non-hydrogen) atoms. The number of halogens is 4. The first-order valence-electron chi connectivity index (χ1n) is 10.0. The van der Waals surface area contributed by atoms with Crippen molar-refractivity contribution in [3.63, 3.8) is 0 Å². The molecule has 2 aromatic heterocycles. The molecule has 0 saturated heterocycles. The quantitative estimate of drug-likeness (QED) is 0.419. The van der Waals surface area contributed by atoms with Crippen LogP contribution in [0.1, 0.15) is 16.7 Å². The molecule has 0 saturated carbocycles. The molecule has 0 fully saturated rings. The number of nitrogens with zero attached hydrogens (tertiary/aromatic N) is 5. The summed E-state index contributed by atoms with van der Waals surface area (Å²) < 4.78 is 64.4. The van der Waals surface area contributed by atoms with E-state index in [2.05, 4.69) is 35.9 Å². The fraction of sp³-hybridized carbons (Fsp3) is 0.300. The zero-order chi connectivity index (χ0) is 24.5. The van der Waals surface area contributed by atoms with Crippen LogP contribution in [-0.2, 0) is 29.1 Å². The summed E-state index contributed by atoms with van der Waals surface area (Å²) in [5.74, 6) is -1.04. The molecule has 1 aliphatic rings. The van der Waals surface area contributed by atoms with Gasteiger partial charge in [-0.25, -0.2) is 23.4 Å². The number of aromatic nitrogens is 4. The van der Waals surface area contributed by atoms with E-state index in [0.29, 0.717) is 18.4 Å². The molecule has 3 aromatic rings. The van der Waals surface area contributed by atoms with E-state index in [1.165, 1.54) is 19.4 Å². The lowest BCUT2D eigenvalue weighted by Gasteiger charge is -2.23. The van der Waals surface area contributed by atoms with Gasteiger partial charge in [0.25, 0.3) is 0 Å². The van der Waals surface area contributed by atoms with E-state index in [1.807, 2.05) is 12.1 Å². The van der Waals surface area contributed by atoms with Gasteiger partial charge in [-0.2, -0.15) is 18.2 Å². The normalized spacial score (nSPS) is 13.1. The van der Waals surface area contributed by atoms with Crippen molar-refractivity contribution < 1.29 is 21.6 Å². The van der Waals surface area contributed by atoms with Crippen molar-refractivity contribution in [1.29, 1.82) is 0 Å². The van der Waals surface area contributed by atoms with Crippen LogP contribution in [0.3, 0.4) is 0 Å². The monoisotopic (exact) mass is 530 g/mol. The third-order valence-corrected chi connectivity index (χ3v) is 5.65. The van der Waals surface area contributed by atoms with Crippen LogP contribution in [0.15, 0.2) is 36.8 Å². The zero-order valence-electron chi connectivity index (χ0n) is 18.6. The number of hydrogen-bond donors (Lipinski definition) is 3. The largest absolute Gasteiger partial charge is 0.421 e. The Morgan fingerprint density at radius 3 is 2.51 bits per heavy atom. The fourth-order valence-corrected chi connectivity index (χ4v) is 3.79. The third kappa shape index (κ3) is 6.26. The van der Waals surface area contributed by atoms with Crippen LogP contribution in [0.2, 0.25) is 0 Å². The first-order chi connectivity index (χ1) is 16.0. The van der Waals surface area contributed by atoms with Crippen molar-refractivity contribution in [1.82, 2.24) is 25.3 Å². The highest BCUT2D eigenvalue weighted by Gasteiger charge is 2.37. The summed E-state index contributed by atoms with van der Waals surface area (Å²) in [7, 11) is -2.09. The second kappa shape index (κ2) is 10.2. The molecule has 15 heteroatoms. The highest BCUT2D eigenvalue weighted by molar-refractivity contribution is 7.90. The van der Waals surface area contributed by atoms with Crippen molar-refractivity contribution in [2.45, 2.75) is 19.3 Å². The maximum atomic E-state index is 13.8. The van der Waals surface area contributed by atoms with E-state index < -0.39 is 33.3 Å². The SMILES string of the molecule is CN(c1nc(Nc2ccc3c(c2)CNC3)ncc1C(F)(F)F)c1nccnc1NCS(C)(=O)=O.Cl. The second-order valence-electron chi connectivity index (χ2n) is 7.68. The van der Waals surface area contributed by atoms with Crippen LogP contribution in [0.5, 0.6) is 0 Å². The van der Waals surface area contributed by atoms with Gasteiger partial charge in [-0.1, -0.05) is 6.07 Å². The van der Waals surface area contributed by atoms with E-state index in [1.54, 1.807) is 6.07 Å². The van der Waals surface area contributed by atoms with Crippen molar-refractivity contribution in [2.75, 3.05) is 34.7 Å². The number of alkyl halides is 3. The number of anilines is 5. The number of nitrogens with one attached hydrogen (secondary N) is 3. The van der Waals surface area contributed by atoms with Crippen molar-refractivity contribution in [2.24, 2.45) is 0 Å². The molecular formula is C20H22ClF3N8O2S.